The minimum absolute atomic E-state index is 0.0892. The summed E-state index contributed by atoms with van der Waals surface area (Å²) < 4.78 is 6.72. The van der Waals surface area contributed by atoms with E-state index in [4.69, 9.17) is 4.74 Å². The maximum Gasteiger partial charge on any atom is 0.133 e. The highest BCUT2D eigenvalue weighted by Crippen LogP contribution is 2.66. The summed E-state index contributed by atoms with van der Waals surface area (Å²) in [5, 5.41) is 0. The molecule has 0 spiro atoms. The lowest BCUT2D eigenvalue weighted by Gasteiger charge is -2.62. The molecule has 2 heteroatoms. The van der Waals surface area contributed by atoms with Gasteiger partial charge in [0, 0.05) is 12.8 Å². The van der Waals surface area contributed by atoms with E-state index in [9.17, 15) is 4.79 Å². The lowest BCUT2D eigenvalue weighted by atomic mass is 9.44. The van der Waals surface area contributed by atoms with Crippen molar-refractivity contribution in [3.05, 3.63) is 0 Å². The highest BCUT2D eigenvalue weighted by atomic mass is 16.5. The van der Waals surface area contributed by atoms with Crippen molar-refractivity contribution in [1.82, 2.24) is 0 Å². The van der Waals surface area contributed by atoms with Gasteiger partial charge in [0.15, 0.2) is 0 Å². The molecule has 4 aliphatic rings. The molecule has 4 rings (SSSR count). The fourth-order valence-electron chi connectivity index (χ4n) is 7.59. The van der Waals surface area contributed by atoms with E-state index in [1.54, 1.807) is 0 Å². The Labute approximate surface area is 154 Å². The van der Waals surface area contributed by atoms with E-state index in [-0.39, 0.29) is 11.0 Å². The van der Waals surface area contributed by atoms with Crippen LogP contribution in [0.15, 0.2) is 0 Å². The number of rotatable bonds is 1. The molecular weight excluding hydrogens is 308 g/mol. The van der Waals surface area contributed by atoms with Gasteiger partial charge < -0.3 is 4.74 Å². The predicted octanol–water partition coefficient (Wildman–Crippen LogP) is 5.78. The van der Waals surface area contributed by atoms with Crippen molar-refractivity contribution in [2.75, 3.05) is 0 Å². The molecule has 4 fully saturated rings. The molecule has 2 nitrogen and oxygen atoms in total. The summed E-state index contributed by atoms with van der Waals surface area (Å²) in [5.74, 6) is 3.27. The van der Waals surface area contributed by atoms with E-state index in [2.05, 4.69) is 34.6 Å². The van der Waals surface area contributed by atoms with Crippen molar-refractivity contribution < 1.29 is 9.53 Å². The average Bonchev–Trinajstić information content (AvgIpc) is 2.80. The average molecular weight is 347 g/mol. The number of ether oxygens (including phenoxy) is 1. The molecular formula is C23H38O2. The molecule has 0 saturated heterocycles. The largest absolute Gasteiger partial charge is 0.372 e. The minimum atomic E-state index is -0.0892. The van der Waals surface area contributed by atoms with E-state index in [0.29, 0.717) is 29.1 Å². The fraction of sp³-hybridized carbons (Fsp3) is 0.957. The number of carbonyl (C=O) groups excluding carboxylic acids is 1. The van der Waals surface area contributed by atoms with Gasteiger partial charge in [-0.2, -0.15) is 0 Å². The maximum atomic E-state index is 12.4. The second-order valence-electron chi connectivity index (χ2n) is 11.4. The third kappa shape index (κ3) is 2.91. The smallest absolute Gasteiger partial charge is 0.133 e. The zero-order valence-corrected chi connectivity index (χ0v) is 17.1. The monoisotopic (exact) mass is 346 g/mol. The Morgan fingerprint density at radius 2 is 1.80 bits per heavy atom. The minimum Gasteiger partial charge on any atom is -0.372 e. The first kappa shape index (κ1) is 18.0. The topological polar surface area (TPSA) is 26.3 Å². The third-order valence-corrected chi connectivity index (χ3v) is 8.65. The molecule has 0 aromatic rings. The lowest BCUT2D eigenvalue weighted by molar-refractivity contribution is -0.202. The van der Waals surface area contributed by atoms with Gasteiger partial charge in [-0.1, -0.05) is 26.7 Å². The highest BCUT2D eigenvalue weighted by Gasteiger charge is 2.61. The van der Waals surface area contributed by atoms with Crippen LogP contribution in [0.3, 0.4) is 0 Å². The number of Topliss-reactive ketones (excluding diaryl/α,β-unsaturated/α-hetero) is 1. The number of carbonyl (C=O) groups is 1. The standard InChI is InChI=1S/C23H38O2/c1-21(2,3)25-19-12-15-8-6-7-10-23(15,5)17-9-11-22(4)14-16(24)13-18(22)20(17)19/h15,17-20H,6-14H2,1-5H3/t15?,17?,18?,19-,20?,22+,23-/m0/s1. The SMILES string of the molecule is CC(C)(C)O[C@H]1CC2CCCC[C@]2(C)C2CC[C@]3(C)CC(=O)CC3C21. The molecule has 0 aromatic carbocycles. The molecule has 142 valence electrons. The van der Waals surface area contributed by atoms with Crippen LogP contribution in [0.5, 0.6) is 0 Å². The van der Waals surface area contributed by atoms with Crippen LogP contribution < -0.4 is 0 Å². The van der Waals surface area contributed by atoms with Crippen molar-refractivity contribution in [1.29, 1.82) is 0 Å². The fourth-order valence-corrected chi connectivity index (χ4v) is 7.59. The van der Waals surface area contributed by atoms with Crippen LogP contribution in [0.25, 0.3) is 0 Å². The van der Waals surface area contributed by atoms with Gasteiger partial charge in [0.25, 0.3) is 0 Å². The number of ketones is 1. The third-order valence-electron chi connectivity index (χ3n) is 8.65. The van der Waals surface area contributed by atoms with Gasteiger partial charge in [-0.05, 0) is 87.4 Å². The normalized spacial score (nSPS) is 50.1. The van der Waals surface area contributed by atoms with Gasteiger partial charge in [-0.15, -0.1) is 0 Å². The van der Waals surface area contributed by atoms with Crippen LogP contribution in [0, 0.1) is 34.5 Å². The zero-order valence-electron chi connectivity index (χ0n) is 17.1. The van der Waals surface area contributed by atoms with Gasteiger partial charge in [-0.3, -0.25) is 4.79 Å². The molecule has 7 atom stereocenters. The van der Waals surface area contributed by atoms with Gasteiger partial charge in [-0.25, -0.2) is 0 Å². The highest BCUT2D eigenvalue weighted by molar-refractivity contribution is 5.82. The van der Waals surface area contributed by atoms with Crippen LogP contribution in [0.2, 0.25) is 0 Å². The molecule has 4 unspecified atom stereocenters. The van der Waals surface area contributed by atoms with Crippen molar-refractivity contribution in [2.24, 2.45) is 34.5 Å². The summed E-state index contributed by atoms with van der Waals surface area (Å²) in [6, 6.07) is 0. The van der Waals surface area contributed by atoms with Crippen molar-refractivity contribution in [3.63, 3.8) is 0 Å². The van der Waals surface area contributed by atoms with Gasteiger partial charge in [0.2, 0.25) is 0 Å². The first-order valence-corrected chi connectivity index (χ1v) is 10.8. The van der Waals surface area contributed by atoms with E-state index >= 15 is 0 Å². The van der Waals surface area contributed by atoms with Crippen molar-refractivity contribution >= 4 is 5.78 Å². The summed E-state index contributed by atoms with van der Waals surface area (Å²) in [7, 11) is 0. The van der Waals surface area contributed by atoms with Crippen molar-refractivity contribution in [3.8, 4) is 0 Å². The molecule has 0 amide bonds. The number of fused-ring (bicyclic) bond motifs is 5. The van der Waals surface area contributed by atoms with E-state index in [0.717, 1.165) is 24.7 Å². The van der Waals surface area contributed by atoms with Crippen LogP contribution in [0.4, 0.5) is 0 Å². The second kappa shape index (κ2) is 5.81. The Morgan fingerprint density at radius 1 is 1.04 bits per heavy atom. The summed E-state index contributed by atoms with van der Waals surface area (Å²) in [6.45, 7) is 11.6. The predicted molar refractivity (Wildman–Crippen MR) is 101 cm³/mol. The zero-order chi connectivity index (χ0) is 18.0. The van der Waals surface area contributed by atoms with E-state index in [1.165, 1.54) is 44.9 Å². The van der Waals surface area contributed by atoms with Gasteiger partial charge >= 0.3 is 0 Å². The summed E-state index contributed by atoms with van der Waals surface area (Å²) >= 11 is 0. The molecule has 4 saturated carbocycles. The second-order valence-corrected chi connectivity index (χ2v) is 11.4. The van der Waals surface area contributed by atoms with E-state index < -0.39 is 0 Å². The number of hydrogen-bond acceptors (Lipinski definition) is 2. The first-order chi connectivity index (χ1) is 11.6. The Hall–Kier alpha value is -0.370. The van der Waals surface area contributed by atoms with Crippen LogP contribution in [-0.2, 0) is 9.53 Å². The Bertz CT molecular complexity index is 547. The van der Waals surface area contributed by atoms with E-state index in [1.807, 2.05) is 0 Å². The quantitative estimate of drug-likeness (QED) is 0.601. The Morgan fingerprint density at radius 3 is 2.52 bits per heavy atom. The van der Waals surface area contributed by atoms with Crippen LogP contribution >= 0.6 is 0 Å². The van der Waals surface area contributed by atoms with Gasteiger partial charge in [0.05, 0.1) is 11.7 Å². The Balaban J connectivity index is 1.71. The molecule has 25 heavy (non-hydrogen) atoms. The molecule has 0 aromatic heterocycles. The first-order valence-electron chi connectivity index (χ1n) is 10.8. The Kier molecular flexibility index (Phi) is 4.19. The summed E-state index contributed by atoms with van der Waals surface area (Å²) in [6.07, 6.45) is 11.4. The molecule has 0 N–H and O–H groups in total. The van der Waals surface area contributed by atoms with Crippen LogP contribution in [0.1, 0.15) is 92.4 Å². The summed E-state index contributed by atoms with van der Waals surface area (Å²) in [5.41, 5.74) is 0.650. The molecule has 0 aliphatic heterocycles. The van der Waals surface area contributed by atoms with Crippen LogP contribution in [-0.4, -0.2) is 17.5 Å². The molecule has 0 radical (unpaired) electrons. The van der Waals surface area contributed by atoms with Crippen molar-refractivity contribution in [2.45, 2.75) is 104 Å². The lowest BCUT2D eigenvalue weighted by Crippen LogP contribution is -2.58. The molecule has 0 bridgehead atoms. The summed E-state index contributed by atoms with van der Waals surface area (Å²) in [4.78, 5) is 12.4. The number of hydrogen-bond donors (Lipinski definition) is 0. The molecule has 4 aliphatic carbocycles. The maximum absolute atomic E-state index is 12.4. The van der Waals surface area contributed by atoms with Gasteiger partial charge in [0.1, 0.15) is 5.78 Å². The molecule has 0 heterocycles.